The van der Waals surface area contributed by atoms with Crippen LogP contribution in [-0.4, -0.2) is 24.4 Å². The molecule has 0 unspecified atom stereocenters. The lowest BCUT2D eigenvalue weighted by atomic mass is 9.99. The number of hydrogen-bond donors (Lipinski definition) is 2. The third-order valence-electron chi connectivity index (χ3n) is 4.47. The van der Waals surface area contributed by atoms with E-state index in [1.54, 1.807) is 18.2 Å². The molecule has 1 aromatic heterocycles. The van der Waals surface area contributed by atoms with Crippen molar-refractivity contribution in [3.8, 4) is 23.0 Å². The molecule has 3 aromatic rings. The maximum absolute atomic E-state index is 13.2. The molecule has 2 N–H and O–H groups in total. The van der Waals surface area contributed by atoms with E-state index in [1.807, 2.05) is 0 Å². The fourth-order valence-electron chi connectivity index (χ4n) is 3.23. The molecule has 3 rings (SSSR count). The number of hydrogen-bond acceptors (Lipinski definition) is 6. The predicted octanol–water partition coefficient (Wildman–Crippen LogP) is 3.83. The molecule has 0 saturated heterocycles. The fraction of sp³-hybridized carbons (Fsp3) is 0.190. The zero-order chi connectivity index (χ0) is 19.7. The van der Waals surface area contributed by atoms with E-state index >= 15 is 0 Å². The summed E-state index contributed by atoms with van der Waals surface area (Å²) in [7, 11) is 2.88. The summed E-state index contributed by atoms with van der Waals surface area (Å²) in [5.41, 5.74) is 0.723. The third kappa shape index (κ3) is 2.79. The Morgan fingerprint density at radius 3 is 2.07 bits per heavy atom. The van der Waals surface area contributed by atoms with Crippen LogP contribution in [0, 0.1) is 0 Å². The average Bonchev–Trinajstić information content (AvgIpc) is 2.65. The first-order valence-corrected chi connectivity index (χ1v) is 8.28. The second kappa shape index (κ2) is 7.07. The van der Waals surface area contributed by atoms with Crippen molar-refractivity contribution in [1.29, 1.82) is 0 Å². The number of phenols is 2. The molecule has 0 aliphatic rings. The van der Waals surface area contributed by atoms with E-state index in [4.69, 9.17) is 13.9 Å². The summed E-state index contributed by atoms with van der Waals surface area (Å²) in [4.78, 5) is 13.2. The smallest absolute Gasteiger partial charge is 0.204 e. The summed E-state index contributed by atoms with van der Waals surface area (Å²) in [6.07, 6.45) is 3.71. The van der Waals surface area contributed by atoms with E-state index < -0.39 is 5.43 Å². The summed E-state index contributed by atoms with van der Waals surface area (Å²) >= 11 is 0. The van der Waals surface area contributed by atoms with Crippen molar-refractivity contribution < 1.29 is 24.1 Å². The molecule has 2 aromatic carbocycles. The Morgan fingerprint density at radius 1 is 0.926 bits per heavy atom. The molecule has 0 amide bonds. The van der Waals surface area contributed by atoms with Gasteiger partial charge in [-0.15, -0.1) is 13.2 Å². The van der Waals surface area contributed by atoms with Crippen molar-refractivity contribution in [1.82, 2.24) is 0 Å². The SMILES string of the molecule is C=CCc1c(OC)cc2oc3cc(OC)c(O)c(CC=C)c3c(=O)c2c1O. The lowest BCUT2D eigenvalue weighted by Gasteiger charge is -2.14. The second-order valence-electron chi connectivity index (χ2n) is 5.98. The minimum atomic E-state index is -0.452. The van der Waals surface area contributed by atoms with E-state index in [2.05, 4.69) is 13.2 Å². The molecule has 0 saturated carbocycles. The molecule has 0 bridgehead atoms. The molecule has 6 nitrogen and oxygen atoms in total. The highest BCUT2D eigenvalue weighted by atomic mass is 16.5. The number of fused-ring (bicyclic) bond motifs is 2. The van der Waals surface area contributed by atoms with Gasteiger partial charge in [-0.1, -0.05) is 12.2 Å². The van der Waals surface area contributed by atoms with Crippen LogP contribution in [0.4, 0.5) is 0 Å². The lowest BCUT2D eigenvalue weighted by Crippen LogP contribution is -2.08. The molecule has 0 atom stereocenters. The summed E-state index contributed by atoms with van der Waals surface area (Å²) in [5, 5.41) is 21.4. The number of methoxy groups -OCH3 is 2. The predicted molar refractivity (Wildman–Crippen MR) is 104 cm³/mol. The summed E-state index contributed by atoms with van der Waals surface area (Å²) in [6, 6.07) is 3.00. The van der Waals surface area contributed by atoms with Crippen LogP contribution in [0.15, 0.2) is 46.7 Å². The van der Waals surface area contributed by atoms with E-state index in [0.717, 1.165) is 0 Å². The van der Waals surface area contributed by atoms with Crippen LogP contribution < -0.4 is 14.9 Å². The maximum atomic E-state index is 13.2. The molecule has 0 spiro atoms. The highest BCUT2D eigenvalue weighted by Crippen LogP contribution is 2.40. The Kier molecular flexibility index (Phi) is 4.81. The quantitative estimate of drug-likeness (QED) is 0.508. The standard InChI is InChI=1S/C21H20O6/c1-5-7-11-13(25-3)9-15-18(20(11)23)21(24)17-12(8-6-2)19(22)16(26-4)10-14(17)27-15/h5-6,9-10,22-23H,1-2,7-8H2,3-4H3. The monoisotopic (exact) mass is 368 g/mol. The van der Waals surface area contributed by atoms with Crippen LogP contribution in [0.3, 0.4) is 0 Å². The Hall–Kier alpha value is -3.41. The van der Waals surface area contributed by atoms with Gasteiger partial charge in [-0.2, -0.15) is 0 Å². The van der Waals surface area contributed by atoms with Crippen molar-refractivity contribution in [2.24, 2.45) is 0 Å². The van der Waals surface area contributed by atoms with Crippen LogP contribution in [0.25, 0.3) is 21.9 Å². The first-order valence-electron chi connectivity index (χ1n) is 8.28. The van der Waals surface area contributed by atoms with Crippen LogP contribution in [0.2, 0.25) is 0 Å². The van der Waals surface area contributed by atoms with Gasteiger partial charge in [-0.3, -0.25) is 4.79 Å². The van der Waals surface area contributed by atoms with Crippen LogP contribution in [0.5, 0.6) is 23.0 Å². The first kappa shape index (κ1) is 18.4. The number of benzene rings is 2. The molecular formula is C21H20O6. The Balaban J connectivity index is 2.55. The molecule has 0 radical (unpaired) electrons. The van der Waals surface area contributed by atoms with Gasteiger partial charge in [-0.25, -0.2) is 0 Å². The van der Waals surface area contributed by atoms with Gasteiger partial charge < -0.3 is 24.1 Å². The highest BCUT2D eigenvalue weighted by molar-refractivity contribution is 5.97. The van der Waals surface area contributed by atoms with Gasteiger partial charge in [0.1, 0.15) is 28.1 Å². The van der Waals surface area contributed by atoms with Gasteiger partial charge in [0.05, 0.1) is 19.6 Å². The fourth-order valence-corrected chi connectivity index (χ4v) is 3.23. The van der Waals surface area contributed by atoms with Gasteiger partial charge in [0.2, 0.25) is 5.43 Å². The molecule has 140 valence electrons. The van der Waals surface area contributed by atoms with Crippen LogP contribution >= 0.6 is 0 Å². The van der Waals surface area contributed by atoms with Gasteiger partial charge in [0.15, 0.2) is 11.5 Å². The van der Waals surface area contributed by atoms with Crippen LogP contribution in [-0.2, 0) is 12.8 Å². The zero-order valence-electron chi connectivity index (χ0n) is 15.2. The van der Waals surface area contributed by atoms with Gasteiger partial charge in [-0.05, 0) is 12.8 Å². The number of allylic oxidation sites excluding steroid dienone is 2. The Morgan fingerprint density at radius 2 is 1.48 bits per heavy atom. The summed E-state index contributed by atoms with van der Waals surface area (Å²) in [5.74, 6) is 0.191. The van der Waals surface area contributed by atoms with Crippen molar-refractivity contribution in [2.75, 3.05) is 14.2 Å². The van der Waals surface area contributed by atoms with Crippen LogP contribution in [0.1, 0.15) is 11.1 Å². The highest BCUT2D eigenvalue weighted by Gasteiger charge is 2.22. The lowest BCUT2D eigenvalue weighted by molar-refractivity contribution is 0.371. The molecule has 0 aliphatic carbocycles. The van der Waals surface area contributed by atoms with Crippen molar-refractivity contribution in [2.45, 2.75) is 12.8 Å². The van der Waals surface area contributed by atoms with E-state index in [-0.39, 0.29) is 45.6 Å². The maximum Gasteiger partial charge on any atom is 0.204 e. The molecule has 0 fully saturated rings. The van der Waals surface area contributed by atoms with Gasteiger partial charge in [0, 0.05) is 23.3 Å². The largest absolute Gasteiger partial charge is 0.507 e. The molecular weight excluding hydrogens is 348 g/mol. The minimum Gasteiger partial charge on any atom is -0.507 e. The van der Waals surface area contributed by atoms with Gasteiger partial charge >= 0.3 is 0 Å². The molecule has 6 heteroatoms. The van der Waals surface area contributed by atoms with E-state index in [1.165, 1.54) is 20.3 Å². The summed E-state index contributed by atoms with van der Waals surface area (Å²) < 4.78 is 16.4. The van der Waals surface area contributed by atoms with E-state index in [0.29, 0.717) is 23.3 Å². The minimum absolute atomic E-state index is 0.0232. The molecule has 1 heterocycles. The summed E-state index contributed by atoms with van der Waals surface area (Å²) in [6.45, 7) is 7.34. The Labute approximate surface area is 155 Å². The zero-order valence-corrected chi connectivity index (χ0v) is 15.2. The average molecular weight is 368 g/mol. The first-order chi connectivity index (χ1) is 13.0. The van der Waals surface area contributed by atoms with Crippen molar-refractivity contribution >= 4 is 21.9 Å². The number of rotatable bonds is 6. The third-order valence-corrected chi connectivity index (χ3v) is 4.47. The van der Waals surface area contributed by atoms with Crippen molar-refractivity contribution in [3.05, 3.63) is 58.8 Å². The topological polar surface area (TPSA) is 89.1 Å². The second-order valence-corrected chi connectivity index (χ2v) is 5.98. The number of aromatic hydroxyl groups is 2. The van der Waals surface area contributed by atoms with Crippen molar-refractivity contribution in [3.63, 3.8) is 0 Å². The number of ether oxygens (including phenoxy) is 2. The van der Waals surface area contributed by atoms with Gasteiger partial charge in [0.25, 0.3) is 0 Å². The molecule has 0 aliphatic heterocycles. The number of phenolic OH excluding ortho intramolecular Hbond substituents is 2. The molecule has 27 heavy (non-hydrogen) atoms. The van der Waals surface area contributed by atoms with E-state index in [9.17, 15) is 15.0 Å². The normalized spacial score (nSPS) is 10.9. The Bertz CT molecular complexity index is 1120.